The van der Waals surface area contributed by atoms with Gasteiger partial charge in [-0.15, -0.1) is 0 Å². The molecule has 0 radical (unpaired) electrons. The molecule has 1 unspecified atom stereocenters. The van der Waals surface area contributed by atoms with Crippen molar-refractivity contribution >= 4 is 33.1 Å². The number of thiocarbonyl (C=S) groups is 1. The summed E-state index contributed by atoms with van der Waals surface area (Å²) in [5.41, 5.74) is 5.78. The van der Waals surface area contributed by atoms with Crippen LogP contribution in [0, 0.1) is 0 Å². The summed E-state index contributed by atoms with van der Waals surface area (Å²) in [5, 5.41) is 0. The minimum absolute atomic E-state index is 0.0212. The van der Waals surface area contributed by atoms with Gasteiger partial charge in [0.25, 0.3) is 0 Å². The molecule has 1 aliphatic rings. The summed E-state index contributed by atoms with van der Waals surface area (Å²) in [6.45, 7) is 0.358. The minimum atomic E-state index is -3.68. The summed E-state index contributed by atoms with van der Waals surface area (Å²) in [4.78, 5) is 17.0. The number of pyridine rings is 1. The summed E-state index contributed by atoms with van der Waals surface area (Å²) in [6, 6.07) is 2.57. The third kappa shape index (κ3) is 3.74. The highest BCUT2D eigenvalue weighted by Crippen LogP contribution is 2.14. The first-order valence-corrected chi connectivity index (χ1v) is 8.21. The summed E-state index contributed by atoms with van der Waals surface area (Å²) in [5.74, 6) is 0.0212. The highest BCUT2D eigenvalue weighted by atomic mass is 32.2. The van der Waals surface area contributed by atoms with Gasteiger partial charge in [-0.1, -0.05) is 12.2 Å². The first-order chi connectivity index (χ1) is 9.79. The maximum Gasteiger partial charge on any atom is 0.242 e. The molecule has 9 heteroatoms. The van der Waals surface area contributed by atoms with Crippen LogP contribution >= 0.6 is 12.2 Å². The van der Waals surface area contributed by atoms with E-state index < -0.39 is 10.0 Å². The second kappa shape index (κ2) is 6.04. The van der Waals surface area contributed by atoms with E-state index in [1.165, 1.54) is 23.2 Å². The Balaban J connectivity index is 2.11. The number of rotatable bonds is 4. The fraction of sp³-hybridized carbons (Fsp3) is 0.417. The maximum atomic E-state index is 12.3. The van der Waals surface area contributed by atoms with Gasteiger partial charge >= 0.3 is 0 Å². The Bertz CT molecular complexity index is 658. The lowest BCUT2D eigenvalue weighted by Gasteiger charge is -2.29. The number of hydrogen-bond donors (Lipinski definition) is 2. The summed E-state index contributed by atoms with van der Waals surface area (Å²) in [7, 11) is -2.02. The summed E-state index contributed by atoms with van der Waals surface area (Å²) in [6.07, 6.45) is 2.04. The van der Waals surface area contributed by atoms with Gasteiger partial charge in [0.2, 0.25) is 15.9 Å². The molecule has 3 N–H and O–H groups in total. The Kier molecular flexibility index (Phi) is 4.55. The van der Waals surface area contributed by atoms with E-state index in [1.54, 1.807) is 7.05 Å². The van der Waals surface area contributed by atoms with Crippen molar-refractivity contribution in [3.8, 4) is 0 Å². The van der Waals surface area contributed by atoms with Crippen LogP contribution in [-0.2, 0) is 14.8 Å². The van der Waals surface area contributed by atoms with Crippen LogP contribution in [-0.4, -0.2) is 48.8 Å². The zero-order chi connectivity index (χ0) is 15.6. The number of hydrogen-bond acceptors (Lipinski definition) is 5. The van der Waals surface area contributed by atoms with E-state index >= 15 is 0 Å². The molecular formula is C12H16N4O3S2. The lowest BCUT2D eigenvalue weighted by atomic mass is 10.1. The number of likely N-dealkylation sites (tertiary alicyclic amines) is 1. The Morgan fingerprint density at radius 2 is 2.24 bits per heavy atom. The van der Waals surface area contributed by atoms with E-state index in [-0.39, 0.29) is 21.8 Å². The number of sulfonamides is 1. The van der Waals surface area contributed by atoms with Crippen LogP contribution in [0.15, 0.2) is 23.2 Å². The van der Waals surface area contributed by atoms with Gasteiger partial charge in [0.15, 0.2) is 0 Å². The fourth-order valence-electron chi connectivity index (χ4n) is 2.08. The van der Waals surface area contributed by atoms with Gasteiger partial charge in [0.1, 0.15) is 9.88 Å². The van der Waals surface area contributed by atoms with E-state index in [2.05, 4.69) is 9.71 Å². The number of carbonyl (C=O) groups is 1. The predicted molar refractivity (Wildman–Crippen MR) is 81.1 cm³/mol. The van der Waals surface area contributed by atoms with Crippen LogP contribution in [0.25, 0.3) is 0 Å². The average molecular weight is 328 g/mol. The Morgan fingerprint density at radius 1 is 1.52 bits per heavy atom. The highest BCUT2D eigenvalue weighted by Gasteiger charge is 2.27. The topological polar surface area (TPSA) is 105 Å². The number of nitrogens with one attached hydrogen (secondary N) is 1. The number of piperidine rings is 1. The average Bonchev–Trinajstić information content (AvgIpc) is 2.43. The maximum absolute atomic E-state index is 12.3. The second-order valence-corrected chi connectivity index (χ2v) is 7.03. The molecule has 1 saturated heterocycles. The normalized spacial score (nSPS) is 19.6. The molecule has 0 spiro atoms. The van der Waals surface area contributed by atoms with Crippen LogP contribution in [0.2, 0.25) is 0 Å². The van der Waals surface area contributed by atoms with Crippen LogP contribution < -0.4 is 10.5 Å². The van der Waals surface area contributed by atoms with Crippen molar-refractivity contribution in [2.45, 2.75) is 23.8 Å². The molecule has 1 fully saturated rings. The molecule has 2 heterocycles. The third-order valence-corrected chi connectivity index (χ3v) is 4.96. The largest absolute Gasteiger partial charge is 0.388 e. The number of amides is 1. The van der Waals surface area contributed by atoms with Gasteiger partial charge in [-0.3, -0.25) is 9.78 Å². The molecule has 1 aromatic heterocycles. The molecule has 0 saturated carbocycles. The standard InChI is InChI=1S/C12H16N4O3S2/c1-16-7-8(2-5-11(16)17)15-21(18,19)9-3-4-10(12(13)20)14-6-9/h3-4,6,8,15H,2,5,7H2,1H3,(H2,13,20). The first-order valence-electron chi connectivity index (χ1n) is 6.32. The van der Waals surface area contributed by atoms with Crippen LogP contribution in [0.4, 0.5) is 0 Å². The number of aromatic nitrogens is 1. The van der Waals surface area contributed by atoms with Crippen molar-refractivity contribution in [3.05, 3.63) is 24.0 Å². The van der Waals surface area contributed by atoms with E-state index in [9.17, 15) is 13.2 Å². The Hall–Kier alpha value is -1.58. The number of nitrogens with two attached hydrogens (primary N) is 1. The number of nitrogens with zero attached hydrogens (tertiary/aromatic N) is 2. The van der Waals surface area contributed by atoms with Gasteiger partial charge in [0.05, 0.1) is 5.69 Å². The minimum Gasteiger partial charge on any atom is -0.388 e. The van der Waals surface area contributed by atoms with E-state index in [1.807, 2.05) is 0 Å². The van der Waals surface area contributed by atoms with Crippen LogP contribution in [0.3, 0.4) is 0 Å². The molecule has 7 nitrogen and oxygen atoms in total. The predicted octanol–water partition coefficient (Wildman–Crippen LogP) is -0.385. The summed E-state index contributed by atoms with van der Waals surface area (Å²) < 4.78 is 27.1. The van der Waals surface area contributed by atoms with Crippen molar-refractivity contribution in [1.82, 2.24) is 14.6 Å². The van der Waals surface area contributed by atoms with Crippen molar-refractivity contribution in [3.63, 3.8) is 0 Å². The quantitative estimate of drug-likeness (QED) is 0.730. The summed E-state index contributed by atoms with van der Waals surface area (Å²) >= 11 is 4.77. The first kappa shape index (κ1) is 15.8. The zero-order valence-corrected chi connectivity index (χ0v) is 13.1. The van der Waals surface area contributed by atoms with Gasteiger partial charge in [-0.05, 0) is 18.6 Å². The Labute approximate surface area is 128 Å². The van der Waals surface area contributed by atoms with Gasteiger partial charge in [-0.25, -0.2) is 13.1 Å². The molecule has 0 aromatic carbocycles. The molecule has 1 atom stereocenters. The monoisotopic (exact) mass is 328 g/mol. The number of carbonyl (C=O) groups excluding carboxylic acids is 1. The molecule has 1 aromatic rings. The van der Waals surface area contributed by atoms with E-state index in [4.69, 9.17) is 18.0 Å². The lowest BCUT2D eigenvalue weighted by Crippen LogP contribution is -2.48. The SMILES string of the molecule is CN1CC(NS(=O)(=O)c2ccc(C(N)=S)nc2)CCC1=O. The lowest BCUT2D eigenvalue weighted by molar-refractivity contribution is -0.132. The van der Waals surface area contributed by atoms with Crippen LogP contribution in [0.5, 0.6) is 0 Å². The highest BCUT2D eigenvalue weighted by molar-refractivity contribution is 7.89. The van der Waals surface area contributed by atoms with Crippen molar-refractivity contribution < 1.29 is 13.2 Å². The molecule has 0 aliphatic carbocycles. The van der Waals surface area contributed by atoms with E-state index in [0.717, 1.165) is 0 Å². The molecule has 114 valence electrons. The Morgan fingerprint density at radius 3 is 2.76 bits per heavy atom. The van der Waals surface area contributed by atoms with E-state index in [0.29, 0.717) is 25.1 Å². The molecule has 21 heavy (non-hydrogen) atoms. The molecule has 2 rings (SSSR count). The van der Waals surface area contributed by atoms with Crippen molar-refractivity contribution in [2.75, 3.05) is 13.6 Å². The fourth-order valence-corrected chi connectivity index (χ4v) is 3.41. The smallest absolute Gasteiger partial charge is 0.242 e. The van der Waals surface area contributed by atoms with Gasteiger partial charge in [-0.2, -0.15) is 0 Å². The molecule has 1 amide bonds. The third-order valence-electron chi connectivity index (χ3n) is 3.25. The van der Waals surface area contributed by atoms with Gasteiger partial charge in [0, 0.05) is 32.3 Å². The second-order valence-electron chi connectivity index (χ2n) is 4.87. The molecular weight excluding hydrogens is 312 g/mol. The zero-order valence-electron chi connectivity index (χ0n) is 11.4. The number of likely N-dealkylation sites (N-methyl/N-ethyl adjacent to an activating group) is 1. The van der Waals surface area contributed by atoms with Crippen molar-refractivity contribution in [2.24, 2.45) is 5.73 Å². The van der Waals surface area contributed by atoms with Crippen LogP contribution in [0.1, 0.15) is 18.5 Å². The van der Waals surface area contributed by atoms with Gasteiger partial charge < -0.3 is 10.6 Å². The van der Waals surface area contributed by atoms with Crippen molar-refractivity contribution in [1.29, 1.82) is 0 Å². The molecule has 1 aliphatic heterocycles. The molecule has 0 bridgehead atoms.